The Labute approximate surface area is 120 Å². The van der Waals surface area contributed by atoms with Crippen LogP contribution in [0, 0.1) is 0 Å². The van der Waals surface area contributed by atoms with Gasteiger partial charge in [-0.1, -0.05) is 41.9 Å². The van der Waals surface area contributed by atoms with Gasteiger partial charge in [-0.2, -0.15) is 0 Å². The van der Waals surface area contributed by atoms with Gasteiger partial charge in [0.25, 0.3) is 0 Å². The first-order chi connectivity index (χ1) is 9.22. The number of ketones is 1. The van der Waals surface area contributed by atoms with Crippen molar-refractivity contribution in [2.75, 3.05) is 0 Å². The van der Waals surface area contributed by atoms with Gasteiger partial charge in [0.15, 0.2) is 5.78 Å². The highest BCUT2D eigenvalue weighted by Crippen LogP contribution is 2.26. The van der Waals surface area contributed by atoms with Gasteiger partial charge in [-0.05, 0) is 35.2 Å². The Morgan fingerprint density at radius 3 is 2.53 bits per heavy atom. The lowest BCUT2D eigenvalue weighted by atomic mass is 10.1. The van der Waals surface area contributed by atoms with Crippen LogP contribution in [0.15, 0.2) is 54.6 Å². The zero-order valence-electron chi connectivity index (χ0n) is 10.1. The van der Waals surface area contributed by atoms with Crippen molar-refractivity contribution < 1.29 is 4.79 Å². The second kappa shape index (κ2) is 5.16. The quantitative estimate of drug-likeness (QED) is 0.621. The molecule has 1 nitrogen and oxygen atoms in total. The van der Waals surface area contributed by atoms with E-state index in [0.29, 0.717) is 11.4 Å². The summed E-state index contributed by atoms with van der Waals surface area (Å²) in [7, 11) is 0. The summed E-state index contributed by atoms with van der Waals surface area (Å²) in [5.74, 6) is 0.156. The minimum Gasteiger partial charge on any atom is -0.293 e. The van der Waals surface area contributed by atoms with Gasteiger partial charge < -0.3 is 0 Å². The molecule has 0 unspecified atom stereocenters. The van der Waals surface area contributed by atoms with E-state index in [4.69, 9.17) is 11.6 Å². The maximum atomic E-state index is 12.2. The molecule has 0 aliphatic heterocycles. The van der Waals surface area contributed by atoms with Crippen LogP contribution >= 0.6 is 22.9 Å². The van der Waals surface area contributed by atoms with Crippen LogP contribution in [0.4, 0.5) is 0 Å². The molecule has 0 fully saturated rings. The summed E-state index contributed by atoms with van der Waals surface area (Å²) in [6.45, 7) is 0. The molecule has 3 heteroatoms. The van der Waals surface area contributed by atoms with Gasteiger partial charge in [-0.25, -0.2) is 0 Å². The van der Waals surface area contributed by atoms with Crippen LogP contribution in [-0.4, -0.2) is 5.78 Å². The molecule has 0 N–H and O–H groups in total. The zero-order valence-corrected chi connectivity index (χ0v) is 11.7. The van der Waals surface area contributed by atoms with E-state index in [2.05, 4.69) is 0 Å². The molecule has 2 aromatic carbocycles. The average Bonchev–Trinajstić information content (AvgIpc) is 2.85. The van der Waals surface area contributed by atoms with Gasteiger partial charge >= 0.3 is 0 Å². The van der Waals surface area contributed by atoms with E-state index in [0.717, 1.165) is 20.5 Å². The SMILES string of the molecule is O=C(Cc1ccc(Cl)cc1)c1cc2ccccc2s1. The van der Waals surface area contributed by atoms with Crippen LogP contribution in [0.25, 0.3) is 10.1 Å². The molecule has 94 valence electrons. The van der Waals surface area contributed by atoms with E-state index in [-0.39, 0.29) is 5.78 Å². The van der Waals surface area contributed by atoms with Crippen molar-refractivity contribution in [2.24, 2.45) is 0 Å². The van der Waals surface area contributed by atoms with Crippen molar-refractivity contribution in [2.45, 2.75) is 6.42 Å². The number of fused-ring (bicyclic) bond motifs is 1. The molecule has 0 saturated heterocycles. The van der Waals surface area contributed by atoms with Crippen molar-refractivity contribution in [3.05, 3.63) is 70.1 Å². The maximum Gasteiger partial charge on any atom is 0.177 e. The lowest BCUT2D eigenvalue weighted by molar-refractivity contribution is 0.0997. The monoisotopic (exact) mass is 286 g/mol. The summed E-state index contributed by atoms with van der Waals surface area (Å²) in [5, 5.41) is 1.82. The predicted molar refractivity (Wildman–Crippen MR) is 81.3 cm³/mol. The average molecular weight is 287 g/mol. The van der Waals surface area contributed by atoms with Crippen molar-refractivity contribution in [3.63, 3.8) is 0 Å². The standard InChI is InChI=1S/C16H11ClOS/c17-13-7-5-11(6-8-13)9-14(18)16-10-12-3-1-2-4-15(12)19-16/h1-8,10H,9H2. The van der Waals surface area contributed by atoms with E-state index in [1.807, 2.05) is 54.6 Å². The molecule has 1 heterocycles. The fraction of sp³-hybridized carbons (Fsp3) is 0.0625. The van der Waals surface area contributed by atoms with E-state index in [1.54, 1.807) is 11.3 Å². The highest BCUT2D eigenvalue weighted by atomic mass is 35.5. The van der Waals surface area contributed by atoms with Gasteiger partial charge in [0.2, 0.25) is 0 Å². The Bertz CT molecular complexity index is 695. The van der Waals surface area contributed by atoms with Crippen LogP contribution in [0.5, 0.6) is 0 Å². The largest absolute Gasteiger partial charge is 0.293 e. The molecular formula is C16H11ClOS. The Morgan fingerprint density at radius 2 is 1.79 bits per heavy atom. The zero-order chi connectivity index (χ0) is 13.2. The third kappa shape index (κ3) is 2.70. The Balaban J connectivity index is 1.85. The van der Waals surface area contributed by atoms with Crippen molar-refractivity contribution in [1.82, 2.24) is 0 Å². The summed E-state index contributed by atoms with van der Waals surface area (Å²) in [6.07, 6.45) is 0.421. The smallest absolute Gasteiger partial charge is 0.177 e. The maximum absolute atomic E-state index is 12.2. The summed E-state index contributed by atoms with van der Waals surface area (Å²) in [4.78, 5) is 13.1. The third-order valence-corrected chi connectivity index (χ3v) is 4.39. The number of carbonyl (C=O) groups is 1. The molecule has 0 bridgehead atoms. The first-order valence-electron chi connectivity index (χ1n) is 5.98. The lowest BCUT2D eigenvalue weighted by Gasteiger charge is -1.99. The molecule has 19 heavy (non-hydrogen) atoms. The number of hydrogen-bond donors (Lipinski definition) is 0. The molecular weight excluding hydrogens is 276 g/mol. The number of halogens is 1. The second-order valence-electron chi connectivity index (χ2n) is 4.37. The van der Waals surface area contributed by atoms with E-state index >= 15 is 0 Å². The lowest BCUT2D eigenvalue weighted by Crippen LogP contribution is -2.00. The molecule has 3 rings (SSSR count). The minimum absolute atomic E-state index is 0.156. The summed E-state index contributed by atoms with van der Waals surface area (Å²) >= 11 is 7.39. The highest BCUT2D eigenvalue weighted by molar-refractivity contribution is 7.20. The Kier molecular flexibility index (Phi) is 3.36. The topological polar surface area (TPSA) is 17.1 Å². The van der Waals surface area contributed by atoms with Gasteiger partial charge in [-0.15, -0.1) is 11.3 Å². The normalized spacial score (nSPS) is 10.8. The molecule has 1 aromatic heterocycles. The number of thiophene rings is 1. The molecule has 0 amide bonds. The molecule has 0 saturated carbocycles. The van der Waals surface area contributed by atoms with E-state index in [9.17, 15) is 4.79 Å². The molecule has 0 spiro atoms. The number of carbonyl (C=O) groups excluding carboxylic acids is 1. The Hall–Kier alpha value is -1.64. The van der Waals surface area contributed by atoms with Crippen LogP contribution in [0.1, 0.15) is 15.2 Å². The molecule has 0 atom stereocenters. The van der Waals surface area contributed by atoms with Gasteiger partial charge in [0.1, 0.15) is 0 Å². The fourth-order valence-electron chi connectivity index (χ4n) is 1.99. The van der Waals surface area contributed by atoms with Gasteiger partial charge in [0.05, 0.1) is 4.88 Å². The van der Waals surface area contributed by atoms with Crippen LogP contribution < -0.4 is 0 Å². The van der Waals surface area contributed by atoms with E-state index in [1.165, 1.54) is 0 Å². The number of hydrogen-bond acceptors (Lipinski definition) is 2. The summed E-state index contributed by atoms with van der Waals surface area (Å²) in [5.41, 5.74) is 0.992. The third-order valence-electron chi connectivity index (χ3n) is 2.98. The van der Waals surface area contributed by atoms with Gasteiger partial charge in [-0.3, -0.25) is 4.79 Å². The number of Topliss-reactive ketones (excluding diaryl/α,β-unsaturated/α-hetero) is 1. The van der Waals surface area contributed by atoms with Crippen LogP contribution in [0.3, 0.4) is 0 Å². The van der Waals surface area contributed by atoms with Crippen LogP contribution in [-0.2, 0) is 6.42 Å². The molecule has 0 aliphatic carbocycles. The fourth-order valence-corrected chi connectivity index (χ4v) is 3.12. The molecule has 0 radical (unpaired) electrons. The minimum atomic E-state index is 0.156. The predicted octanol–water partition coefficient (Wildman–Crippen LogP) is 4.98. The number of rotatable bonds is 3. The second-order valence-corrected chi connectivity index (χ2v) is 5.90. The van der Waals surface area contributed by atoms with Crippen molar-refractivity contribution >= 4 is 38.8 Å². The van der Waals surface area contributed by atoms with E-state index < -0.39 is 0 Å². The van der Waals surface area contributed by atoms with Crippen molar-refractivity contribution in [3.8, 4) is 0 Å². The Morgan fingerprint density at radius 1 is 1.05 bits per heavy atom. The molecule has 3 aromatic rings. The summed E-state index contributed by atoms with van der Waals surface area (Å²) < 4.78 is 1.15. The highest BCUT2D eigenvalue weighted by Gasteiger charge is 2.10. The summed E-state index contributed by atoms with van der Waals surface area (Å²) in [6, 6.07) is 17.4. The first-order valence-corrected chi connectivity index (χ1v) is 7.18. The van der Waals surface area contributed by atoms with Gasteiger partial charge in [0, 0.05) is 16.1 Å². The van der Waals surface area contributed by atoms with Crippen LogP contribution in [0.2, 0.25) is 5.02 Å². The first kappa shape index (κ1) is 12.4. The molecule has 0 aliphatic rings. The van der Waals surface area contributed by atoms with Crippen molar-refractivity contribution in [1.29, 1.82) is 0 Å². The number of benzene rings is 2.